The molecule has 1 N–H and O–H groups in total. The van der Waals surface area contributed by atoms with Crippen molar-refractivity contribution in [2.75, 3.05) is 31.1 Å². The standard InChI is InChI=1S/C14H23N3O2S2/c1-2-15-10-13-9-14(11-17(13)12-3-4-12)21(18,19)16-5-7-20-8-6-16/h9,11-12,15H,2-8,10H2,1H3. The Balaban J connectivity index is 1.86. The lowest BCUT2D eigenvalue weighted by Crippen LogP contribution is -2.37. The molecular formula is C14H23N3O2S2. The number of aromatic nitrogens is 1. The third kappa shape index (κ3) is 3.31. The summed E-state index contributed by atoms with van der Waals surface area (Å²) in [5.74, 6) is 1.79. The van der Waals surface area contributed by atoms with Crippen LogP contribution in [0, 0.1) is 0 Å². The first-order valence-electron chi connectivity index (χ1n) is 7.62. The van der Waals surface area contributed by atoms with E-state index >= 15 is 0 Å². The Hall–Kier alpha value is -0.500. The molecule has 0 unspecified atom stereocenters. The summed E-state index contributed by atoms with van der Waals surface area (Å²) in [5, 5.41) is 3.30. The van der Waals surface area contributed by atoms with Gasteiger partial charge in [0.1, 0.15) is 4.90 Å². The van der Waals surface area contributed by atoms with E-state index in [9.17, 15) is 8.42 Å². The van der Waals surface area contributed by atoms with Gasteiger partial charge >= 0.3 is 0 Å². The molecule has 5 nitrogen and oxygen atoms in total. The zero-order valence-corrected chi connectivity index (χ0v) is 14.0. The average Bonchev–Trinajstić information content (AvgIpc) is 3.25. The highest BCUT2D eigenvalue weighted by Gasteiger charge is 2.31. The van der Waals surface area contributed by atoms with Gasteiger partial charge in [-0.05, 0) is 25.5 Å². The van der Waals surface area contributed by atoms with Gasteiger partial charge in [-0.3, -0.25) is 0 Å². The monoisotopic (exact) mass is 329 g/mol. The molecule has 1 aliphatic carbocycles. The zero-order valence-electron chi connectivity index (χ0n) is 12.4. The lowest BCUT2D eigenvalue weighted by molar-refractivity contribution is 0.443. The van der Waals surface area contributed by atoms with Crippen molar-refractivity contribution < 1.29 is 8.42 Å². The van der Waals surface area contributed by atoms with Crippen molar-refractivity contribution >= 4 is 21.8 Å². The molecule has 3 rings (SSSR count). The van der Waals surface area contributed by atoms with Crippen LogP contribution < -0.4 is 5.32 Å². The fourth-order valence-corrected chi connectivity index (χ4v) is 5.29. The zero-order chi connectivity index (χ0) is 14.9. The molecule has 1 saturated heterocycles. The van der Waals surface area contributed by atoms with Crippen molar-refractivity contribution in [1.29, 1.82) is 0 Å². The van der Waals surface area contributed by atoms with Crippen molar-refractivity contribution in [2.24, 2.45) is 0 Å². The molecule has 0 atom stereocenters. The van der Waals surface area contributed by atoms with Gasteiger partial charge in [-0.2, -0.15) is 16.1 Å². The topological polar surface area (TPSA) is 54.3 Å². The van der Waals surface area contributed by atoms with E-state index in [1.807, 2.05) is 24.0 Å². The summed E-state index contributed by atoms with van der Waals surface area (Å²) >= 11 is 1.82. The van der Waals surface area contributed by atoms with Gasteiger partial charge in [0.2, 0.25) is 10.0 Å². The van der Waals surface area contributed by atoms with Gasteiger partial charge in [0.05, 0.1) is 0 Å². The highest BCUT2D eigenvalue weighted by atomic mass is 32.2. The fraction of sp³-hybridized carbons (Fsp3) is 0.714. The predicted octanol–water partition coefficient (Wildman–Crippen LogP) is 1.67. The van der Waals surface area contributed by atoms with Crippen LogP contribution in [0.2, 0.25) is 0 Å². The second-order valence-corrected chi connectivity index (χ2v) is 8.77. The molecule has 118 valence electrons. The molecule has 7 heteroatoms. The first-order valence-corrected chi connectivity index (χ1v) is 10.2. The van der Waals surface area contributed by atoms with Crippen molar-refractivity contribution in [3.8, 4) is 0 Å². The van der Waals surface area contributed by atoms with E-state index in [-0.39, 0.29) is 0 Å². The van der Waals surface area contributed by atoms with Gasteiger partial charge in [-0.1, -0.05) is 6.92 Å². The number of hydrogen-bond donors (Lipinski definition) is 1. The van der Waals surface area contributed by atoms with Crippen LogP contribution >= 0.6 is 11.8 Å². The van der Waals surface area contributed by atoms with Crippen molar-refractivity contribution in [3.05, 3.63) is 18.0 Å². The van der Waals surface area contributed by atoms with E-state index in [1.54, 1.807) is 4.31 Å². The third-order valence-corrected chi connectivity index (χ3v) is 6.82. The van der Waals surface area contributed by atoms with Crippen LogP contribution in [-0.4, -0.2) is 48.4 Å². The number of nitrogens with one attached hydrogen (secondary N) is 1. The number of hydrogen-bond acceptors (Lipinski definition) is 4. The van der Waals surface area contributed by atoms with E-state index in [2.05, 4.69) is 16.8 Å². The van der Waals surface area contributed by atoms with E-state index in [4.69, 9.17) is 0 Å². The summed E-state index contributed by atoms with van der Waals surface area (Å²) in [5.41, 5.74) is 1.09. The molecule has 0 aromatic carbocycles. The average molecular weight is 329 g/mol. The quantitative estimate of drug-likeness (QED) is 0.862. The number of nitrogens with zero attached hydrogens (tertiary/aromatic N) is 2. The Morgan fingerprint density at radius 2 is 2.05 bits per heavy atom. The lowest BCUT2D eigenvalue weighted by atomic mass is 10.4. The molecule has 1 saturated carbocycles. The number of sulfonamides is 1. The van der Waals surface area contributed by atoms with Crippen molar-refractivity contribution in [3.63, 3.8) is 0 Å². The van der Waals surface area contributed by atoms with E-state index in [1.165, 1.54) is 0 Å². The summed E-state index contributed by atoms with van der Waals surface area (Å²) in [6, 6.07) is 2.36. The minimum absolute atomic E-state index is 0.467. The second-order valence-electron chi connectivity index (χ2n) is 5.60. The molecule has 2 aliphatic rings. The summed E-state index contributed by atoms with van der Waals surface area (Å²) in [6.45, 7) is 4.95. The summed E-state index contributed by atoms with van der Waals surface area (Å²) < 4.78 is 29.3. The van der Waals surface area contributed by atoms with Gasteiger partial charge in [0.15, 0.2) is 0 Å². The van der Waals surface area contributed by atoms with Crippen molar-refractivity contribution in [2.45, 2.75) is 37.2 Å². The maximum atomic E-state index is 12.8. The molecule has 1 aromatic rings. The molecule has 2 heterocycles. The predicted molar refractivity (Wildman–Crippen MR) is 86.2 cm³/mol. The van der Waals surface area contributed by atoms with Gasteiger partial charge in [0, 0.05) is 49.1 Å². The normalized spacial score (nSPS) is 20.8. The first kappa shape index (κ1) is 15.4. The van der Waals surface area contributed by atoms with Gasteiger partial charge in [0.25, 0.3) is 0 Å². The smallest absolute Gasteiger partial charge is 0.244 e. The molecular weight excluding hydrogens is 306 g/mol. The molecule has 21 heavy (non-hydrogen) atoms. The highest BCUT2D eigenvalue weighted by molar-refractivity contribution is 7.99. The van der Waals surface area contributed by atoms with Gasteiger partial charge in [-0.15, -0.1) is 0 Å². The Morgan fingerprint density at radius 1 is 1.33 bits per heavy atom. The van der Waals surface area contributed by atoms with E-state index < -0.39 is 10.0 Å². The number of rotatable bonds is 6. The Morgan fingerprint density at radius 3 is 2.67 bits per heavy atom. The Kier molecular flexibility index (Phi) is 4.63. The molecule has 0 spiro atoms. The maximum absolute atomic E-state index is 12.8. The Labute approximate surface area is 131 Å². The molecule has 1 aromatic heterocycles. The largest absolute Gasteiger partial charge is 0.346 e. The molecule has 0 bridgehead atoms. The van der Waals surface area contributed by atoms with Gasteiger partial charge < -0.3 is 9.88 Å². The summed E-state index contributed by atoms with van der Waals surface area (Å²) in [4.78, 5) is 0.467. The molecule has 0 amide bonds. The van der Waals surface area contributed by atoms with Crippen LogP contribution in [0.5, 0.6) is 0 Å². The van der Waals surface area contributed by atoms with Gasteiger partial charge in [-0.25, -0.2) is 8.42 Å². The van der Waals surface area contributed by atoms with E-state index in [0.29, 0.717) is 24.0 Å². The Bertz CT molecular complexity index is 587. The first-order chi connectivity index (χ1) is 10.1. The fourth-order valence-electron chi connectivity index (χ4n) is 2.66. The van der Waals surface area contributed by atoms with Crippen molar-refractivity contribution in [1.82, 2.24) is 14.2 Å². The second kappa shape index (κ2) is 6.32. The molecule has 0 radical (unpaired) electrons. The summed E-state index contributed by atoms with van der Waals surface area (Å²) in [6.07, 6.45) is 4.17. The van der Waals surface area contributed by atoms with Crippen LogP contribution in [-0.2, 0) is 16.6 Å². The SMILES string of the molecule is CCNCc1cc(S(=O)(=O)N2CCSCC2)cn1C1CC1. The van der Waals surface area contributed by atoms with Crippen LogP contribution in [0.3, 0.4) is 0 Å². The minimum Gasteiger partial charge on any atom is -0.346 e. The third-order valence-electron chi connectivity index (χ3n) is 4.01. The van der Waals surface area contributed by atoms with Crippen LogP contribution in [0.1, 0.15) is 31.5 Å². The maximum Gasteiger partial charge on any atom is 0.244 e. The van der Waals surface area contributed by atoms with Crippen LogP contribution in [0.15, 0.2) is 17.2 Å². The van der Waals surface area contributed by atoms with E-state index in [0.717, 1.165) is 43.1 Å². The lowest BCUT2D eigenvalue weighted by Gasteiger charge is -2.25. The van der Waals surface area contributed by atoms with Crippen LogP contribution in [0.25, 0.3) is 0 Å². The molecule has 2 fully saturated rings. The minimum atomic E-state index is -3.32. The molecule has 1 aliphatic heterocycles. The number of thioether (sulfide) groups is 1. The summed E-state index contributed by atoms with van der Waals surface area (Å²) in [7, 11) is -3.32. The van der Waals surface area contributed by atoms with Crippen LogP contribution in [0.4, 0.5) is 0 Å². The highest BCUT2D eigenvalue weighted by Crippen LogP contribution is 2.37.